The zero-order valence-electron chi connectivity index (χ0n) is 25.4. The summed E-state index contributed by atoms with van der Waals surface area (Å²) in [6.45, 7) is 9.70. The molecule has 2 heterocycles. The first-order valence-electron chi connectivity index (χ1n) is 14.5. The van der Waals surface area contributed by atoms with Gasteiger partial charge in [0.15, 0.2) is 23.1 Å². The molecule has 1 atom stereocenters. The predicted octanol–water partition coefficient (Wildman–Crippen LogP) is 5.79. The van der Waals surface area contributed by atoms with E-state index in [4.69, 9.17) is 24.7 Å². The van der Waals surface area contributed by atoms with E-state index in [0.717, 1.165) is 36.4 Å². The Hall–Kier alpha value is -3.82. The average molecular weight is 584 g/mol. The molecule has 1 fully saturated rings. The number of carbonyl (C=O) groups is 2. The number of Topliss-reactive ketones (excluding diaryl/α,β-unsaturated/α-hetero) is 1. The lowest BCUT2D eigenvalue weighted by molar-refractivity contribution is -0.137. The lowest BCUT2D eigenvalue weighted by Gasteiger charge is -2.32. The maximum atomic E-state index is 15.3. The number of anilines is 1. The Kier molecular flexibility index (Phi) is 9.33. The van der Waals surface area contributed by atoms with Gasteiger partial charge in [-0.25, -0.2) is 4.39 Å². The number of methoxy groups -OCH3 is 2. The van der Waals surface area contributed by atoms with Crippen molar-refractivity contribution in [2.24, 2.45) is 0 Å². The fourth-order valence-electron chi connectivity index (χ4n) is 5.76. The smallest absolute Gasteiger partial charge is 0.303 e. The highest BCUT2D eigenvalue weighted by atomic mass is 19.1. The van der Waals surface area contributed by atoms with Crippen LogP contribution in [-0.4, -0.2) is 67.6 Å². The number of nitrogens with zero attached hydrogens (tertiary/aromatic N) is 2. The Labute approximate surface area is 247 Å². The van der Waals surface area contributed by atoms with Crippen molar-refractivity contribution in [3.8, 4) is 17.2 Å². The second-order valence-electron chi connectivity index (χ2n) is 12.1. The molecule has 0 radical (unpaired) electrons. The Balaban J connectivity index is 1.66. The molecule has 0 saturated carbocycles. The third-order valence-corrected chi connectivity index (χ3v) is 8.03. The number of carboxylic acids is 1. The van der Waals surface area contributed by atoms with Crippen molar-refractivity contribution in [2.45, 2.75) is 77.8 Å². The van der Waals surface area contributed by atoms with Gasteiger partial charge in [0.1, 0.15) is 11.6 Å². The fourth-order valence-corrected chi connectivity index (χ4v) is 5.76. The summed E-state index contributed by atoms with van der Waals surface area (Å²) in [4.78, 5) is 28.6. The number of unbranched alkanes of at least 4 members (excludes halogenated alkanes) is 1. The highest BCUT2D eigenvalue weighted by molar-refractivity contribution is 6.06. The van der Waals surface area contributed by atoms with Gasteiger partial charge in [-0.2, -0.15) is 0 Å². The van der Waals surface area contributed by atoms with Crippen LogP contribution >= 0.6 is 0 Å². The van der Waals surface area contributed by atoms with Gasteiger partial charge in [0.05, 0.1) is 38.6 Å². The topological polar surface area (TPSA) is 112 Å². The Morgan fingerprint density at radius 3 is 2.45 bits per heavy atom. The minimum Gasteiger partial charge on any atom is -0.493 e. The number of carboxylic acid groups (broad SMARTS) is 1. The molecule has 0 aromatic heterocycles. The van der Waals surface area contributed by atoms with Gasteiger partial charge in [-0.3, -0.25) is 15.0 Å². The lowest BCUT2D eigenvalue weighted by atomic mass is 9.84. The molecule has 10 heteroatoms. The van der Waals surface area contributed by atoms with Gasteiger partial charge < -0.3 is 29.1 Å². The highest BCUT2D eigenvalue weighted by Crippen LogP contribution is 2.43. The van der Waals surface area contributed by atoms with Crippen LogP contribution in [0.5, 0.6) is 17.2 Å². The Bertz CT molecular complexity index is 1370. The molecule has 0 amide bonds. The summed E-state index contributed by atoms with van der Waals surface area (Å²) < 4.78 is 32.1. The Morgan fingerprint density at radius 2 is 1.86 bits per heavy atom. The standard InChI is InChI=1S/C32H42FN3O6/c1-19-10-9-12-36(19)23-15-20(14-22(32(2,3)4)29(23)42-13-8-7-11-26(38)39)24(37)18-35-17-21-16-25(40-5)30(41-6)28(33)27(21)31(35)34/h14-16,19,34H,7-13,17-18H2,1-6H3,(H,38,39). The normalized spacial score (nSPS) is 16.5. The molecule has 4 rings (SSSR count). The van der Waals surface area contributed by atoms with E-state index in [1.807, 2.05) is 12.1 Å². The number of aliphatic carboxylic acids is 1. The summed E-state index contributed by atoms with van der Waals surface area (Å²) >= 11 is 0. The summed E-state index contributed by atoms with van der Waals surface area (Å²) in [6, 6.07) is 5.68. The summed E-state index contributed by atoms with van der Waals surface area (Å²) in [5, 5.41) is 17.7. The van der Waals surface area contributed by atoms with Crippen LogP contribution < -0.4 is 19.1 Å². The molecule has 9 nitrogen and oxygen atoms in total. The molecule has 1 unspecified atom stereocenters. The van der Waals surface area contributed by atoms with Gasteiger partial charge in [-0.15, -0.1) is 0 Å². The Morgan fingerprint density at radius 1 is 1.12 bits per heavy atom. The third-order valence-electron chi connectivity index (χ3n) is 8.03. The first-order chi connectivity index (χ1) is 19.9. The number of carbonyl (C=O) groups excluding carboxylic acids is 1. The first kappa shape index (κ1) is 31.1. The van der Waals surface area contributed by atoms with Crippen LogP contribution in [0.3, 0.4) is 0 Å². The van der Waals surface area contributed by atoms with Crippen LogP contribution in [0.25, 0.3) is 0 Å². The minimum atomic E-state index is -0.824. The molecule has 2 aliphatic heterocycles. The zero-order valence-corrected chi connectivity index (χ0v) is 25.4. The van der Waals surface area contributed by atoms with Crippen LogP contribution in [-0.2, 0) is 16.8 Å². The third kappa shape index (κ3) is 6.32. The monoisotopic (exact) mass is 583 g/mol. The van der Waals surface area contributed by atoms with Gasteiger partial charge in [0, 0.05) is 36.7 Å². The second kappa shape index (κ2) is 12.6. The van der Waals surface area contributed by atoms with Crippen LogP contribution in [0, 0.1) is 11.2 Å². The largest absolute Gasteiger partial charge is 0.493 e. The van der Waals surface area contributed by atoms with Crippen molar-refractivity contribution >= 4 is 23.3 Å². The van der Waals surface area contributed by atoms with Crippen molar-refractivity contribution in [3.05, 3.63) is 46.3 Å². The molecule has 0 bridgehead atoms. The first-order valence-corrected chi connectivity index (χ1v) is 14.5. The molecule has 2 aliphatic rings. The number of hydrogen-bond acceptors (Lipinski definition) is 7. The molecule has 228 valence electrons. The van der Waals surface area contributed by atoms with E-state index < -0.39 is 11.8 Å². The van der Waals surface area contributed by atoms with Crippen molar-refractivity contribution in [3.63, 3.8) is 0 Å². The van der Waals surface area contributed by atoms with Gasteiger partial charge in [0.2, 0.25) is 0 Å². The number of hydrogen-bond donors (Lipinski definition) is 2. The number of fused-ring (bicyclic) bond motifs is 1. The summed E-state index contributed by atoms with van der Waals surface area (Å²) in [5.41, 5.74) is 2.59. The molecule has 0 aliphatic carbocycles. The number of rotatable bonds is 12. The number of amidine groups is 1. The number of benzene rings is 2. The van der Waals surface area contributed by atoms with Gasteiger partial charge >= 0.3 is 5.97 Å². The number of nitrogens with one attached hydrogen (secondary N) is 1. The molecule has 2 aromatic rings. The molecular weight excluding hydrogens is 541 g/mol. The minimum absolute atomic E-state index is 0.0630. The molecule has 0 spiro atoms. The molecule has 1 saturated heterocycles. The van der Waals surface area contributed by atoms with E-state index in [1.54, 1.807) is 11.0 Å². The number of ether oxygens (including phenoxy) is 3. The van der Waals surface area contributed by atoms with E-state index in [9.17, 15) is 9.59 Å². The van der Waals surface area contributed by atoms with Crippen LogP contribution in [0.4, 0.5) is 10.1 Å². The van der Waals surface area contributed by atoms with Crippen molar-refractivity contribution in [1.29, 1.82) is 5.41 Å². The van der Waals surface area contributed by atoms with E-state index >= 15 is 4.39 Å². The van der Waals surface area contributed by atoms with Crippen LogP contribution in [0.2, 0.25) is 0 Å². The van der Waals surface area contributed by atoms with Gasteiger partial charge in [-0.1, -0.05) is 20.8 Å². The highest BCUT2D eigenvalue weighted by Gasteiger charge is 2.34. The van der Waals surface area contributed by atoms with Crippen molar-refractivity contribution < 1.29 is 33.3 Å². The van der Waals surface area contributed by atoms with E-state index in [2.05, 4.69) is 32.6 Å². The van der Waals surface area contributed by atoms with Crippen molar-refractivity contribution in [1.82, 2.24) is 4.90 Å². The molecular formula is C32H42FN3O6. The molecule has 2 N–H and O–H groups in total. The van der Waals surface area contributed by atoms with E-state index in [-0.39, 0.29) is 59.6 Å². The van der Waals surface area contributed by atoms with E-state index in [1.165, 1.54) is 14.2 Å². The van der Waals surface area contributed by atoms with E-state index in [0.29, 0.717) is 30.6 Å². The number of halogens is 1. The van der Waals surface area contributed by atoms with Crippen molar-refractivity contribution in [2.75, 3.05) is 38.8 Å². The second-order valence-corrected chi connectivity index (χ2v) is 12.1. The summed E-state index contributed by atoms with van der Waals surface area (Å²) in [5.74, 6) is -0.835. The summed E-state index contributed by atoms with van der Waals surface area (Å²) in [6.07, 6.45) is 3.29. The predicted molar refractivity (Wildman–Crippen MR) is 159 cm³/mol. The van der Waals surface area contributed by atoms with Crippen LogP contribution in [0.15, 0.2) is 18.2 Å². The molecule has 42 heavy (non-hydrogen) atoms. The van der Waals surface area contributed by atoms with Gasteiger partial charge in [-0.05, 0) is 61.8 Å². The number of ketones is 1. The SMILES string of the molecule is COc1cc2c(c(F)c1OC)C(=N)N(CC(=O)c1cc(N3CCCC3C)c(OCCCCC(=O)O)c(C(C)(C)C)c1)C2. The average Bonchev–Trinajstić information content (AvgIpc) is 3.49. The quantitative estimate of drug-likeness (QED) is 0.239. The maximum absolute atomic E-state index is 15.3. The fraction of sp³-hybridized carbons (Fsp3) is 0.531. The zero-order chi connectivity index (χ0) is 30.8. The van der Waals surface area contributed by atoms with Crippen LogP contribution in [0.1, 0.15) is 86.8 Å². The lowest BCUT2D eigenvalue weighted by Crippen LogP contribution is -2.32. The maximum Gasteiger partial charge on any atom is 0.303 e. The summed E-state index contributed by atoms with van der Waals surface area (Å²) in [7, 11) is 2.78. The van der Waals surface area contributed by atoms with Gasteiger partial charge in [0.25, 0.3) is 0 Å². The molecule has 2 aromatic carbocycles.